The zero-order chi connectivity index (χ0) is 22.4. The standard InChI is InChI=1S/C23H21BrN2O4S/c1-3-12-30-22(28)14-8-10-16(11-9-14)25-23(31)26-21(27)18-13-15-6-4-5-7-17(15)19(24)20(18)29-2/h4-11,13H,3,12H2,1-2H3,(H2,25,26,27,31). The number of thiocarbonyl (C=S) groups is 1. The number of amides is 1. The van der Waals surface area contributed by atoms with Crippen LogP contribution in [0.2, 0.25) is 0 Å². The number of hydrogen-bond acceptors (Lipinski definition) is 5. The normalized spacial score (nSPS) is 10.4. The first-order valence-corrected chi connectivity index (χ1v) is 10.8. The Hall–Kier alpha value is -2.97. The number of anilines is 1. The van der Waals surface area contributed by atoms with Gasteiger partial charge in [0.2, 0.25) is 0 Å². The van der Waals surface area contributed by atoms with E-state index in [0.717, 1.165) is 17.2 Å². The van der Waals surface area contributed by atoms with E-state index in [1.165, 1.54) is 7.11 Å². The number of rotatable bonds is 6. The van der Waals surface area contributed by atoms with Gasteiger partial charge in [-0.25, -0.2) is 4.79 Å². The van der Waals surface area contributed by atoms with Crippen molar-refractivity contribution in [3.05, 3.63) is 70.2 Å². The molecule has 0 atom stereocenters. The van der Waals surface area contributed by atoms with Crippen LogP contribution >= 0.6 is 28.1 Å². The van der Waals surface area contributed by atoms with Gasteiger partial charge in [-0.05, 0) is 75.7 Å². The summed E-state index contributed by atoms with van der Waals surface area (Å²) in [6, 6.07) is 16.1. The molecule has 0 heterocycles. The third kappa shape index (κ3) is 5.39. The fourth-order valence-electron chi connectivity index (χ4n) is 2.95. The van der Waals surface area contributed by atoms with Crippen LogP contribution in [0.3, 0.4) is 0 Å². The second-order valence-corrected chi connectivity index (χ2v) is 7.82. The van der Waals surface area contributed by atoms with Gasteiger partial charge in [0.25, 0.3) is 5.91 Å². The van der Waals surface area contributed by atoms with Crippen molar-refractivity contribution in [2.75, 3.05) is 19.0 Å². The van der Waals surface area contributed by atoms with Crippen molar-refractivity contribution in [1.82, 2.24) is 5.32 Å². The van der Waals surface area contributed by atoms with Crippen LogP contribution in [0, 0.1) is 0 Å². The van der Waals surface area contributed by atoms with E-state index < -0.39 is 5.91 Å². The van der Waals surface area contributed by atoms with Crippen molar-refractivity contribution in [2.45, 2.75) is 13.3 Å². The van der Waals surface area contributed by atoms with Crippen molar-refractivity contribution in [3.63, 3.8) is 0 Å². The number of carbonyl (C=O) groups excluding carboxylic acids is 2. The van der Waals surface area contributed by atoms with Crippen LogP contribution < -0.4 is 15.4 Å². The van der Waals surface area contributed by atoms with Crippen LogP contribution in [0.15, 0.2) is 59.1 Å². The van der Waals surface area contributed by atoms with Gasteiger partial charge in [-0.2, -0.15) is 0 Å². The zero-order valence-corrected chi connectivity index (χ0v) is 19.4. The van der Waals surface area contributed by atoms with Gasteiger partial charge < -0.3 is 14.8 Å². The highest BCUT2D eigenvalue weighted by molar-refractivity contribution is 9.10. The number of hydrogen-bond donors (Lipinski definition) is 2. The van der Waals surface area contributed by atoms with Gasteiger partial charge in [0, 0.05) is 5.69 Å². The lowest BCUT2D eigenvalue weighted by molar-refractivity contribution is 0.0505. The first-order chi connectivity index (χ1) is 14.9. The number of ether oxygens (including phenoxy) is 2. The van der Waals surface area contributed by atoms with Gasteiger partial charge in [-0.3, -0.25) is 10.1 Å². The summed E-state index contributed by atoms with van der Waals surface area (Å²) < 4.78 is 11.3. The Bertz CT molecular complexity index is 1130. The number of benzene rings is 3. The Kier molecular flexibility index (Phi) is 7.59. The Labute approximate surface area is 194 Å². The minimum Gasteiger partial charge on any atom is -0.495 e. The van der Waals surface area contributed by atoms with Crippen molar-refractivity contribution in [2.24, 2.45) is 0 Å². The molecule has 1 amide bonds. The monoisotopic (exact) mass is 500 g/mol. The van der Waals surface area contributed by atoms with E-state index in [1.54, 1.807) is 30.3 Å². The molecule has 0 unspecified atom stereocenters. The Morgan fingerprint density at radius 2 is 1.81 bits per heavy atom. The molecular weight excluding hydrogens is 480 g/mol. The van der Waals surface area contributed by atoms with Crippen molar-refractivity contribution in [1.29, 1.82) is 0 Å². The number of nitrogens with one attached hydrogen (secondary N) is 2. The molecule has 160 valence electrons. The third-order valence-electron chi connectivity index (χ3n) is 4.43. The summed E-state index contributed by atoms with van der Waals surface area (Å²) in [5.41, 5.74) is 1.43. The third-order valence-corrected chi connectivity index (χ3v) is 5.42. The molecule has 2 N–H and O–H groups in total. The highest BCUT2D eigenvalue weighted by Gasteiger charge is 2.19. The van der Waals surface area contributed by atoms with Gasteiger partial charge in [0.15, 0.2) is 5.11 Å². The topological polar surface area (TPSA) is 76.7 Å². The van der Waals surface area contributed by atoms with E-state index in [-0.39, 0.29) is 11.1 Å². The maximum Gasteiger partial charge on any atom is 0.338 e. The lowest BCUT2D eigenvalue weighted by atomic mass is 10.1. The second-order valence-electron chi connectivity index (χ2n) is 6.61. The van der Waals surface area contributed by atoms with Crippen molar-refractivity contribution >= 4 is 61.6 Å². The van der Waals surface area contributed by atoms with E-state index in [1.807, 2.05) is 31.2 Å². The van der Waals surface area contributed by atoms with Gasteiger partial charge >= 0.3 is 5.97 Å². The Morgan fingerprint density at radius 1 is 1.10 bits per heavy atom. The Balaban J connectivity index is 1.71. The van der Waals surface area contributed by atoms with Gasteiger partial charge in [-0.1, -0.05) is 31.2 Å². The Morgan fingerprint density at radius 3 is 2.48 bits per heavy atom. The van der Waals surface area contributed by atoms with E-state index in [2.05, 4.69) is 26.6 Å². The smallest absolute Gasteiger partial charge is 0.338 e. The van der Waals surface area contributed by atoms with Gasteiger partial charge in [-0.15, -0.1) is 0 Å². The van der Waals surface area contributed by atoms with E-state index in [0.29, 0.717) is 33.6 Å². The second kappa shape index (κ2) is 10.4. The molecule has 0 aliphatic heterocycles. The molecule has 0 saturated carbocycles. The number of carbonyl (C=O) groups is 2. The molecule has 0 aromatic heterocycles. The van der Waals surface area contributed by atoms with E-state index in [4.69, 9.17) is 21.7 Å². The predicted molar refractivity (Wildman–Crippen MR) is 129 cm³/mol. The van der Waals surface area contributed by atoms with Crippen LogP contribution in [-0.4, -0.2) is 30.7 Å². The van der Waals surface area contributed by atoms with E-state index >= 15 is 0 Å². The number of methoxy groups -OCH3 is 1. The summed E-state index contributed by atoms with van der Waals surface area (Å²) in [6.45, 7) is 2.31. The maximum absolute atomic E-state index is 12.9. The minimum atomic E-state index is -0.402. The summed E-state index contributed by atoms with van der Waals surface area (Å²) in [4.78, 5) is 24.7. The number of fused-ring (bicyclic) bond motifs is 1. The molecule has 0 saturated heterocycles. The average molecular weight is 501 g/mol. The highest BCUT2D eigenvalue weighted by atomic mass is 79.9. The first-order valence-electron chi connectivity index (χ1n) is 9.59. The summed E-state index contributed by atoms with van der Waals surface area (Å²) in [6.07, 6.45) is 0.762. The molecule has 31 heavy (non-hydrogen) atoms. The fraction of sp³-hybridized carbons (Fsp3) is 0.174. The summed E-state index contributed by atoms with van der Waals surface area (Å²) in [5, 5.41) is 7.56. The molecule has 0 aliphatic carbocycles. The quantitative estimate of drug-likeness (QED) is 0.353. The number of esters is 1. The molecular formula is C23H21BrN2O4S. The van der Waals surface area contributed by atoms with E-state index in [9.17, 15) is 9.59 Å². The molecule has 3 rings (SSSR count). The number of halogens is 1. The molecule has 0 radical (unpaired) electrons. The van der Waals surface area contributed by atoms with Crippen LogP contribution in [0.25, 0.3) is 10.8 Å². The van der Waals surface area contributed by atoms with Gasteiger partial charge in [0.1, 0.15) is 5.75 Å². The van der Waals surface area contributed by atoms with Crippen LogP contribution in [-0.2, 0) is 4.74 Å². The lowest BCUT2D eigenvalue weighted by Gasteiger charge is -2.14. The maximum atomic E-state index is 12.9. The molecule has 3 aromatic carbocycles. The summed E-state index contributed by atoms with van der Waals surface area (Å²) >= 11 is 8.80. The molecule has 0 fully saturated rings. The summed E-state index contributed by atoms with van der Waals surface area (Å²) in [7, 11) is 1.51. The van der Waals surface area contributed by atoms with Gasteiger partial charge in [0.05, 0.1) is 29.3 Å². The average Bonchev–Trinajstić information content (AvgIpc) is 2.77. The zero-order valence-electron chi connectivity index (χ0n) is 17.0. The van der Waals surface area contributed by atoms with Crippen LogP contribution in [0.1, 0.15) is 34.1 Å². The molecule has 6 nitrogen and oxygen atoms in total. The molecule has 3 aromatic rings. The fourth-order valence-corrected chi connectivity index (χ4v) is 3.90. The first kappa shape index (κ1) is 22.7. The molecule has 0 aliphatic rings. The van der Waals surface area contributed by atoms with Crippen molar-refractivity contribution < 1.29 is 19.1 Å². The SMILES string of the molecule is CCCOC(=O)c1ccc(NC(=S)NC(=O)c2cc3ccccc3c(Br)c2OC)cc1. The molecule has 0 bridgehead atoms. The highest BCUT2D eigenvalue weighted by Crippen LogP contribution is 2.36. The van der Waals surface area contributed by atoms with Crippen LogP contribution in [0.4, 0.5) is 5.69 Å². The predicted octanol–water partition coefficient (Wildman–Crippen LogP) is 5.30. The largest absolute Gasteiger partial charge is 0.495 e. The lowest BCUT2D eigenvalue weighted by Crippen LogP contribution is -2.34. The molecule has 0 spiro atoms. The summed E-state index contributed by atoms with van der Waals surface area (Å²) in [5.74, 6) is -0.354. The minimum absolute atomic E-state index is 0.123. The molecule has 8 heteroatoms. The van der Waals surface area contributed by atoms with Crippen LogP contribution in [0.5, 0.6) is 5.75 Å². The van der Waals surface area contributed by atoms with Crippen molar-refractivity contribution in [3.8, 4) is 5.75 Å².